The number of hydrogen-bond acceptors (Lipinski definition) is 5. The van der Waals surface area contributed by atoms with Gasteiger partial charge in [-0.25, -0.2) is 4.39 Å². The summed E-state index contributed by atoms with van der Waals surface area (Å²) in [7, 11) is 1.59. The van der Waals surface area contributed by atoms with E-state index in [0.29, 0.717) is 19.7 Å². The number of carbonyl (C=O) groups is 2. The molecule has 1 atom stereocenters. The molecule has 0 spiro atoms. The monoisotopic (exact) mass is 497 g/mol. The molecule has 2 amide bonds. The van der Waals surface area contributed by atoms with Gasteiger partial charge in [0.1, 0.15) is 18.1 Å². The molecule has 0 N–H and O–H groups in total. The van der Waals surface area contributed by atoms with Gasteiger partial charge in [-0.2, -0.15) is 0 Å². The quantitative estimate of drug-likeness (QED) is 0.494. The molecule has 0 unspecified atom stereocenters. The smallest absolute Gasteiger partial charge is 0.255 e. The summed E-state index contributed by atoms with van der Waals surface area (Å²) in [5.41, 5.74) is 1.99. The van der Waals surface area contributed by atoms with Crippen LogP contribution in [0.2, 0.25) is 5.02 Å². The van der Waals surface area contributed by atoms with Gasteiger partial charge < -0.3 is 19.3 Å². The van der Waals surface area contributed by atoms with E-state index in [1.807, 2.05) is 36.4 Å². The van der Waals surface area contributed by atoms with E-state index in [-0.39, 0.29) is 29.6 Å². The molecule has 0 bridgehead atoms. The second-order valence-electron chi connectivity index (χ2n) is 8.22. The Bertz CT molecular complexity index is 1180. The fourth-order valence-corrected chi connectivity index (χ4v) is 4.12. The first kappa shape index (κ1) is 24.6. The molecule has 2 heterocycles. The minimum atomic E-state index is -0.539. The molecule has 4 rings (SSSR count). The molecular weight excluding hydrogens is 473 g/mol. The molecule has 1 aliphatic heterocycles. The molecule has 1 fully saturated rings. The number of pyridine rings is 1. The number of ether oxygens (including phenoxy) is 2. The first-order valence-electron chi connectivity index (χ1n) is 11.1. The van der Waals surface area contributed by atoms with E-state index in [2.05, 4.69) is 4.98 Å². The first-order valence-corrected chi connectivity index (χ1v) is 11.5. The van der Waals surface area contributed by atoms with Crippen molar-refractivity contribution >= 4 is 23.4 Å². The average molecular weight is 498 g/mol. The zero-order valence-corrected chi connectivity index (χ0v) is 20.0. The van der Waals surface area contributed by atoms with E-state index in [1.165, 1.54) is 17.0 Å². The zero-order chi connectivity index (χ0) is 24.8. The van der Waals surface area contributed by atoms with E-state index in [4.69, 9.17) is 21.1 Å². The molecule has 9 heteroatoms. The van der Waals surface area contributed by atoms with Gasteiger partial charge in [0.25, 0.3) is 5.91 Å². The summed E-state index contributed by atoms with van der Waals surface area (Å²) in [6, 6.07) is 14.7. The predicted molar refractivity (Wildman–Crippen MR) is 129 cm³/mol. The summed E-state index contributed by atoms with van der Waals surface area (Å²) in [5.74, 6) is -0.486. The van der Waals surface area contributed by atoms with Gasteiger partial charge in [0, 0.05) is 32.0 Å². The van der Waals surface area contributed by atoms with Crippen molar-refractivity contribution in [1.29, 1.82) is 0 Å². The highest BCUT2D eigenvalue weighted by Crippen LogP contribution is 2.22. The molecule has 1 saturated heterocycles. The lowest BCUT2D eigenvalue weighted by Crippen LogP contribution is -2.39. The Labute approximate surface area is 208 Å². The molecule has 182 valence electrons. The Hall–Kier alpha value is -3.49. The molecule has 3 aromatic rings. The van der Waals surface area contributed by atoms with Crippen LogP contribution in [0.5, 0.6) is 5.75 Å². The molecule has 0 aliphatic carbocycles. The SMILES string of the molecule is COc1ccc(CN2C[C@H](OCc3ccncc3)CN(C(=O)c3ccc(F)cc3Cl)CC2=O)cc1. The van der Waals surface area contributed by atoms with Gasteiger partial charge in [-0.3, -0.25) is 14.6 Å². The van der Waals surface area contributed by atoms with Crippen LogP contribution in [0.1, 0.15) is 21.5 Å². The maximum absolute atomic E-state index is 13.5. The van der Waals surface area contributed by atoms with Gasteiger partial charge in [-0.15, -0.1) is 0 Å². The number of benzene rings is 2. The minimum absolute atomic E-state index is 0.00367. The molecule has 1 aromatic heterocycles. The highest BCUT2D eigenvalue weighted by Gasteiger charge is 2.32. The number of rotatable bonds is 7. The molecule has 0 saturated carbocycles. The largest absolute Gasteiger partial charge is 0.497 e. The Morgan fingerprint density at radius 2 is 1.83 bits per heavy atom. The Balaban J connectivity index is 1.55. The highest BCUT2D eigenvalue weighted by atomic mass is 35.5. The van der Waals surface area contributed by atoms with Crippen molar-refractivity contribution in [2.75, 3.05) is 26.7 Å². The van der Waals surface area contributed by atoms with E-state index in [0.717, 1.165) is 22.9 Å². The van der Waals surface area contributed by atoms with Gasteiger partial charge in [0.2, 0.25) is 5.91 Å². The second kappa shape index (κ2) is 11.3. The van der Waals surface area contributed by atoms with Crippen LogP contribution >= 0.6 is 11.6 Å². The Morgan fingerprint density at radius 3 is 2.51 bits per heavy atom. The topological polar surface area (TPSA) is 72.0 Å². The summed E-state index contributed by atoms with van der Waals surface area (Å²) in [4.78, 5) is 33.6. The zero-order valence-electron chi connectivity index (χ0n) is 19.2. The lowest BCUT2D eigenvalue weighted by molar-refractivity contribution is -0.132. The van der Waals surface area contributed by atoms with Gasteiger partial charge >= 0.3 is 0 Å². The van der Waals surface area contributed by atoms with Crippen molar-refractivity contribution < 1.29 is 23.5 Å². The van der Waals surface area contributed by atoms with Crippen LogP contribution in [0.25, 0.3) is 0 Å². The third-order valence-electron chi connectivity index (χ3n) is 5.74. The summed E-state index contributed by atoms with van der Waals surface area (Å²) >= 11 is 6.13. The molecule has 35 heavy (non-hydrogen) atoms. The van der Waals surface area contributed by atoms with Crippen LogP contribution < -0.4 is 4.74 Å². The van der Waals surface area contributed by atoms with Gasteiger partial charge in [0.05, 0.1) is 30.4 Å². The highest BCUT2D eigenvalue weighted by molar-refractivity contribution is 6.33. The van der Waals surface area contributed by atoms with Crippen molar-refractivity contribution in [3.8, 4) is 5.75 Å². The Kier molecular flexibility index (Phi) is 7.94. The standard InChI is InChI=1S/C26H25ClFN3O4/c1-34-21-5-2-18(3-6-21)13-30-14-22(35-17-19-8-10-29-11-9-19)15-31(16-25(30)32)26(33)23-7-4-20(28)12-24(23)27/h2-12,22H,13-17H2,1H3/t22-/m0/s1. The predicted octanol–water partition coefficient (Wildman–Crippen LogP) is 3.95. The maximum atomic E-state index is 13.5. The van der Waals surface area contributed by atoms with Crippen molar-refractivity contribution in [3.05, 3.63) is 94.5 Å². The van der Waals surface area contributed by atoms with Crippen LogP contribution in [0.15, 0.2) is 67.0 Å². The van der Waals surface area contributed by atoms with Gasteiger partial charge in [-0.1, -0.05) is 23.7 Å². The van der Waals surface area contributed by atoms with Crippen LogP contribution in [0, 0.1) is 5.82 Å². The maximum Gasteiger partial charge on any atom is 0.255 e. The number of nitrogens with zero attached hydrogens (tertiary/aromatic N) is 3. The summed E-state index contributed by atoms with van der Waals surface area (Å²) in [5, 5.41) is -0.00367. The second-order valence-corrected chi connectivity index (χ2v) is 8.63. The number of halogens is 2. The number of carbonyl (C=O) groups excluding carboxylic acids is 2. The third-order valence-corrected chi connectivity index (χ3v) is 6.06. The van der Waals surface area contributed by atoms with Gasteiger partial charge in [-0.05, 0) is 53.6 Å². The lowest BCUT2D eigenvalue weighted by Gasteiger charge is -2.25. The molecule has 0 radical (unpaired) electrons. The average Bonchev–Trinajstić information content (AvgIpc) is 3.02. The summed E-state index contributed by atoms with van der Waals surface area (Å²) in [6.45, 7) is 1.01. The molecule has 7 nitrogen and oxygen atoms in total. The number of aromatic nitrogens is 1. The molecule has 1 aliphatic rings. The summed E-state index contributed by atoms with van der Waals surface area (Å²) in [6.07, 6.45) is 2.91. The van der Waals surface area contributed by atoms with Gasteiger partial charge in [0.15, 0.2) is 0 Å². The Morgan fingerprint density at radius 1 is 1.09 bits per heavy atom. The van der Waals surface area contributed by atoms with Crippen molar-refractivity contribution in [1.82, 2.24) is 14.8 Å². The van der Waals surface area contributed by atoms with Crippen LogP contribution in [-0.4, -0.2) is 59.4 Å². The van der Waals surface area contributed by atoms with Crippen LogP contribution in [0.4, 0.5) is 4.39 Å². The number of amides is 2. The third kappa shape index (κ3) is 6.35. The minimum Gasteiger partial charge on any atom is -0.497 e. The van der Waals surface area contributed by atoms with Crippen molar-refractivity contribution in [2.24, 2.45) is 0 Å². The van der Waals surface area contributed by atoms with E-state index in [1.54, 1.807) is 24.4 Å². The number of hydrogen-bond donors (Lipinski definition) is 0. The molecular formula is C26H25ClFN3O4. The number of methoxy groups -OCH3 is 1. The normalized spacial score (nSPS) is 16.2. The van der Waals surface area contributed by atoms with E-state index < -0.39 is 17.8 Å². The fourth-order valence-electron chi connectivity index (χ4n) is 3.87. The fraction of sp³-hybridized carbons (Fsp3) is 0.269. The van der Waals surface area contributed by atoms with Crippen molar-refractivity contribution in [3.63, 3.8) is 0 Å². The van der Waals surface area contributed by atoms with Crippen LogP contribution in [0.3, 0.4) is 0 Å². The first-order chi connectivity index (χ1) is 16.9. The molecule has 2 aromatic carbocycles. The lowest BCUT2D eigenvalue weighted by atomic mass is 10.2. The van der Waals surface area contributed by atoms with E-state index >= 15 is 0 Å². The van der Waals surface area contributed by atoms with Crippen LogP contribution in [-0.2, 0) is 22.7 Å². The van der Waals surface area contributed by atoms with Crippen molar-refractivity contribution in [2.45, 2.75) is 19.3 Å². The van der Waals surface area contributed by atoms with E-state index in [9.17, 15) is 14.0 Å². The summed E-state index contributed by atoms with van der Waals surface area (Å²) < 4.78 is 24.9.